The van der Waals surface area contributed by atoms with Crippen LogP contribution in [-0.4, -0.2) is 9.55 Å². The van der Waals surface area contributed by atoms with Crippen molar-refractivity contribution in [2.24, 2.45) is 0 Å². The van der Waals surface area contributed by atoms with Crippen LogP contribution in [0.15, 0.2) is 158 Å². The monoisotopic (exact) mass is 1050 g/mol. The summed E-state index contributed by atoms with van der Waals surface area (Å²) in [5, 5.41) is 2.15. The summed E-state index contributed by atoms with van der Waals surface area (Å²) in [6.45, 7) is 19.3. The SMILES string of the molecule is [2H]C(C)(C)c1ccccc1-c1cc(Oc2[c-]c3c(cc2)c2ccccc2n3-c2cc(C(C)(C)C)ccn2)[c-]c(N2[CH-]N(c3c(-c4ccc(F)cc4)cccc3C(C)(C)C)c3ccccc32)c1.[Pt]. The number of anilines is 4. The minimum absolute atomic E-state index is 0. The third-order valence-corrected chi connectivity index (χ3v) is 12.4. The Morgan fingerprint density at radius 2 is 1.35 bits per heavy atom. The largest absolute Gasteiger partial charge is 0.509 e. The van der Waals surface area contributed by atoms with Gasteiger partial charge in [0.15, 0.2) is 0 Å². The molecule has 7 heteroatoms. The van der Waals surface area contributed by atoms with Crippen LogP contribution in [0.25, 0.3) is 49.9 Å². The maximum absolute atomic E-state index is 14.3. The minimum atomic E-state index is -0.877. The van der Waals surface area contributed by atoms with Crippen LogP contribution in [0.4, 0.5) is 27.1 Å². The number of hydrogen-bond donors (Lipinski definition) is 0. The van der Waals surface area contributed by atoms with E-state index in [2.05, 4.69) is 166 Å². The second-order valence-electron chi connectivity index (χ2n) is 19.2. The molecule has 0 unspecified atom stereocenters. The van der Waals surface area contributed by atoms with Gasteiger partial charge in [0.25, 0.3) is 0 Å². The summed E-state index contributed by atoms with van der Waals surface area (Å²) in [6, 6.07) is 57.8. The van der Waals surface area contributed by atoms with Crippen molar-refractivity contribution in [2.45, 2.75) is 72.1 Å². The molecule has 0 bridgehead atoms. The summed E-state index contributed by atoms with van der Waals surface area (Å²) in [5.74, 6) is 0.692. The first-order chi connectivity index (χ1) is 31.5. The maximum Gasteiger partial charge on any atom is 0.135 e. The van der Waals surface area contributed by atoms with Gasteiger partial charge in [-0.3, -0.25) is 0 Å². The van der Waals surface area contributed by atoms with Gasteiger partial charge in [-0.15, -0.1) is 53.6 Å². The molecule has 0 atom stereocenters. The van der Waals surface area contributed by atoms with Crippen molar-refractivity contribution < 1.29 is 31.6 Å². The van der Waals surface area contributed by atoms with Crippen LogP contribution >= 0.6 is 0 Å². The van der Waals surface area contributed by atoms with E-state index in [1.165, 1.54) is 17.7 Å². The molecule has 0 amide bonds. The molecule has 7 aromatic carbocycles. The van der Waals surface area contributed by atoms with Crippen LogP contribution in [0.2, 0.25) is 0 Å². The fourth-order valence-electron chi connectivity index (χ4n) is 9.09. The number of benzene rings is 7. The Morgan fingerprint density at radius 3 is 2.09 bits per heavy atom. The van der Waals surface area contributed by atoms with Crippen molar-refractivity contribution in [3.63, 3.8) is 0 Å². The standard InChI is InChI=1S/C59H52FN4O.Pt/c1-38(2)46-16-9-10-17-47(46)40-32-43(62-37-63(54-23-14-13-22-53(54)62)57-48(39-24-26-42(60)27-25-39)19-15-20-51(57)59(6,7)8)35-45(33-40)65-44-28-29-50-49-18-11-12-21-52(49)64(55(50)36-44)56-34-41(30-31-61-56)58(3,4)5;/h9-34,37-38H,1-8H3;/q-3;/i38D;. The molecule has 5 nitrogen and oxygen atoms in total. The fourth-order valence-corrected chi connectivity index (χ4v) is 9.09. The summed E-state index contributed by atoms with van der Waals surface area (Å²) < 4.78 is 32.6. The molecule has 0 saturated carbocycles. The van der Waals surface area contributed by atoms with Crippen LogP contribution in [-0.2, 0) is 31.9 Å². The number of halogens is 1. The third kappa shape index (κ3) is 8.22. The van der Waals surface area contributed by atoms with Gasteiger partial charge in [0, 0.05) is 68.3 Å². The van der Waals surface area contributed by atoms with Gasteiger partial charge >= 0.3 is 0 Å². The normalized spacial score (nSPS) is 13.2. The molecule has 1 aliphatic heterocycles. The fraction of sp³-hybridized carbons (Fsp3) is 0.186. The number of pyridine rings is 1. The minimum Gasteiger partial charge on any atom is -0.509 e. The summed E-state index contributed by atoms with van der Waals surface area (Å²) in [4.78, 5) is 9.29. The summed E-state index contributed by atoms with van der Waals surface area (Å²) in [7, 11) is 0. The van der Waals surface area contributed by atoms with Gasteiger partial charge in [0.1, 0.15) is 11.6 Å². The summed E-state index contributed by atoms with van der Waals surface area (Å²) in [5.41, 5.74) is 12.3. The van der Waals surface area contributed by atoms with Gasteiger partial charge in [-0.2, -0.15) is 6.07 Å². The number of aromatic nitrogens is 2. The molecule has 10 rings (SSSR count). The van der Waals surface area contributed by atoms with E-state index in [-0.39, 0.29) is 37.7 Å². The number of nitrogens with zero attached hydrogens (tertiary/aromatic N) is 4. The molecule has 0 radical (unpaired) electrons. The molecule has 9 aromatic rings. The smallest absolute Gasteiger partial charge is 0.135 e. The van der Waals surface area contributed by atoms with Crippen molar-refractivity contribution in [1.82, 2.24) is 9.55 Å². The zero-order valence-corrected chi connectivity index (χ0v) is 40.8. The van der Waals surface area contributed by atoms with Crippen molar-refractivity contribution >= 4 is 44.6 Å². The molecule has 2 aromatic heterocycles. The van der Waals surface area contributed by atoms with Crippen LogP contribution in [0.5, 0.6) is 11.5 Å². The molecule has 0 fully saturated rings. The predicted octanol–water partition coefficient (Wildman–Crippen LogP) is 16.2. The molecule has 0 aliphatic carbocycles. The van der Waals surface area contributed by atoms with E-state index in [4.69, 9.17) is 9.72 Å². The van der Waals surface area contributed by atoms with Crippen molar-refractivity contribution in [3.05, 3.63) is 199 Å². The second kappa shape index (κ2) is 17.4. The zero-order valence-electron chi connectivity index (χ0n) is 39.5. The molecular weight excluding hydrogens is 995 g/mol. The van der Waals surface area contributed by atoms with Gasteiger partial charge in [-0.25, -0.2) is 9.37 Å². The maximum atomic E-state index is 14.3. The van der Waals surface area contributed by atoms with E-state index < -0.39 is 5.89 Å². The average Bonchev–Trinajstić information content (AvgIpc) is 3.84. The number of ether oxygens (including phenoxy) is 1. The Kier molecular flexibility index (Phi) is 11.4. The molecule has 0 N–H and O–H groups in total. The quantitative estimate of drug-likeness (QED) is 0.142. The number of para-hydroxylation sites is 4. The number of hydrogen-bond acceptors (Lipinski definition) is 4. The van der Waals surface area contributed by atoms with Crippen molar-refractivity contribution in [1.29, 1.82) is 0 Å². The van der Waals surface area contributed by atoms with Gasteiger partial charge in [0.2, 0.25) is 0 Å². The Bertz CT molecular complexity index is 3300. The summed E-state index contributed by atoms with van der Waals surface area (Å²) in [6.07, 6.45) is 1.88. The van der Waals surface area contributed by atoms with Crippen LogP contribution in [0.3, 0.4) is 0 Å². The second-order valence-corrected chi connectivity index (χ2v) is 19.2. The molecule has 334 valence electrons. The summed E-state index contributed by atoms with van der Waals surface area (Å²) >= 11 is 0. The zero-order chi connectivity index (χ0) is 46.1. The van der Waals surface area contributed by atoms with Gasteiger partial charge in [-0.1, -0.05) is 146 Å². The Balaban J connectivity index is 0.00000562. The molecule has 3 heterocycles. The van der Waals surface area contributed by atoms with E-state index in [9.17, 15) is 5.76 Å². The first-order valence-corrected chi connectivity index (χ1v) is 22.2. The van der Waals surface area contributed by atoms with Crippen molar-refractivity contribution in [2.75, 3.05) is 9.80 Å². The first kappa shape index (κ1) is 43.4. The molecule has 0 saturated heterocycles. The van der Waals surface area contributed by atoms with E-state index in [1.807, 2.05) is 68.6 Å². The Hall–Kier alpha value is -6.49. The third-order valence-electron chi connectivity index (χ3n) is 12.4. The van der Waals surface area contributed by atoms with Gasteiger partial charge in [-0.05, 0) is 92.4 Å². The molecule has 1 aliphatic rings. The molecule has 66 heavy (non-hydrogen) atoms. The average molecular weight is 1050 g/mol. The Morgan fingerprint density at radius 1 is 0.652 bits per heavy atom. The van der Waals surface area contributed by atoms with E-state index in [1.54, 1.807) is 0 Å². The van der Waals surface area contributed by atoms with E-state index in [0.717, 1.165) is 83.8 Å². The Labute approximate surface area is 404 Å². The predicted molar refractivity (Wildman–Crippen MR) is 267 cm³/mol. The van der Waals surface area contributed by atoms with E-state index in [0.29, 0.717) is 11.5 Å². The van der Waals surface area contributed by atoms with Crippen LogP contribution < -0.4 is 14.5 Å². The van der Waals surface area contributed by atoms with E-state index >= 15 is 0 Å². The number of rotatable bonds is 8. The van der Waals surface area contributed by atoms with Gasteiger partial charge in [0.05, 0.1) is 0 Å². The topological polar surface area (TPSA) is 33.5 Å². The first-order valence-electron chi connectivity index (χ1n) is 22.7. The van der Waals surface area contributed by atoms with Crippen molar-refractivity contribution in [3.8, 4) is 39.6 Å². The molecular formula is C59H52FN4OPt-3. The van der Waals surface area contributed by atoms with Crippen LogP contribution in [0.1, 0.15) is 79.3 Å². The molecule has 0 spiro atoms. The number of fused-ring (bicyclic) bond motifs is 4. The van der Waals surface area contributed by atoms with Crippen LogP contribution in [0, 0.1) is 24.6 Å². The van der Waals surface area contributed by atoms with Gasteiger partial charge < -0.3 is 19.1 Å².